The summed E-state index contributed by atoms with van der Waals surface area (Å²) in [6, 6.07) is 9.19. The fourth-order valence-corrected chi connectivity index (χ4v) is 1.84. The number of hydrogen-bond acceptors (Lipinski definition) is 2. The molecule has 2 rings (SSSR count). The molecule has 0 amide bonds. The molecule has 1 aromatic heterocycles. The van der Waals surface area contributed by atoms with Crippen LogP contribution in [0, 0.1) is 6.57 Å². The van der Waals surface area contributed by atoms with Gasteiger partial charge in [-0.1, -0.05) is 18.2 Å². The van der Waals surface area contributed by atoms with Crippen molar-refractivity contribution in [1.29, 1.82) is 0 Å². The lowest BCUT2D eigenvalue weighted by Crippen LogP contribution is -1.96. The molecule has 17 heavy (non-hydrogen) atoms. The Morgan fingerprint density at radius 2 is 2.18 bits per heavy atom. The maximum absolute atomic E-state index is 7.08. The minimum absolute atomic E-state index is 0.402. The summed E-state index contributed by atoms with van der Waals surface area (Å²) in [4.78, 5) is 7.43. The normalized spacial score (nSPS) is 9.65. The zero-order valence-electron chi connectivity index (χ0n) is 8.93. The van der Waals surface area contributed by atoms with Crippen LogP contribution in [0.1, 0.15) is 5.56 Å². The zero-order chi connectivity index (χ0) is 12.1. The molecule has 0 aliphatic heterocycles. The molecular formula is C13H9BrN2O. The summed E-state index contributed by atoms with van der Waals surface area (Å²) in [7, 11) is 0. The van der Waals surface area contributed by atoms with Gasteiger partial charge in [0.1, 0.15) is 12.4 Å². The Kier molecular flexibility index (Phi) is 3.73. The summed E-state index contributed by atoms with van der Waals surface area (Å²) < 4.78 is 6.43. The van der Waals surface area contributed by atoms with E-state index in [1.807, 2.05) is 24.3 Å². The molecular weight excluding hydrogens is 280 g/mol. The highest BCUT2D eigenvalue weighted by molar-refractivity contribution is 9.10. The number of ether oxygens (including phenoxy) is 1. The van der Waals surface area contributed by atoms with E-state index in [-0.39, 0.29) is 0 Å². The third-order valence-electron chi connectivity index (χ3n) is 2.17. The van der Waals surface area contributed by atoms with Crippen molar-refractivity contribution >= 4 is 21.6 Å². The van der Waals surface area contributed by atoms with Crippen molar-refractivity contribution in [3.63, 3.8) is 0 Å². The third-order valence-corrected chi connectivity index (χ3v) is 2.80. The van der Waals surface area contributed by atoms with Gasteiger partial charge in [0.15, 0.2) is 0 Å². The molecule has 1 aromatic carbocycles. The number of aromatic nitrogens is 1. The van der Waals surface area contributed by atoms with Crippen LogP contribution in [0.3, 0.4) is 0 Å². The molecule has 2 aromatic rings. The fourth-order valence-electron chi connectivity index (χ4n) is 1.37. The first kappa shape index (κ1) is 11.6. The number of nitrogens with zero attached hydrogens (tertiary/aromatic N) is 2. The summed E-state index contributed by atoms with van der Waals surface area (Å²) in [5, 5.41) is 0. The van der Waals surface area contributed by atoms with E-state index in [1.54, 1.807) is 18.5 Å². The van der Waals surface area contributed by atoms with Gasteiger partial charge in [0, 0.05) is 22.4 Å². The van der Waals surface area contributed by atoms with Gasteiger partial charge in [-0.25, -0.2) is 4.85 Å². The minimum Gasteiger partial charge on any atom is -0.499 e. The maximum atomic E-state index is 7.08. The number of hydrogen-bond donors (Lipinski definition) is 0. The average molecular weight is 289 g/mol. The van der Waals surface area contributed by atoms with Gasteiger partial charge in [0.2, 0.25) is 5.69 Å². The molecule has 0 radical (unpaired) electrons. The minimum atomic E-state index is 0.402. The van der Waals surface area contributed by atoms with Crippen molar-refractivity contribution in [3.05, 3.63) is 64.2 Å². The first-order chi connectivity index (χ1) is 8.31. The maximum Gasteiger partial charge on any atom is 0.229 e. The first-order valence-electron chi connectivity index (χ1n) is 4.99. The van der Waals surface area contributed by atoms with Gasteiger partial charge in [0.25, 0.3) is 0 Å². The molecule has 0 fully saturated rings. The van der Waals surface area contributed by atoms with E-state index in [0.29, 0.717) is 18.0 Å². The summed E-state index contributed by atoms with van der Waals surface area (Å²) in [5.41, 5.74) is 1.47. The van der Waals surface area contributed by atoms with Gasteiger partial charge < -0.3 is 4.74 Å². The predicted molar refractivity (Wildman–Crippen MR) is 69.0 cm³/mol. The molecule has 4 heteroatoms. The molecule has 0 aliphatic rings. The summed E-state index contributed by atoms with van der Waals surface area (Å²) in [5.74, 6) is 0.575. The van der Waals surface area contributed by atoms with Crippen molar-refractivity contribution in [1.82, 2.24) is 4.98 Å². The highest BCUT2D eigenvalue weighted by Crippen LogP contribution is 2.35. The van der Waals surface area contributed by atoms with Crippen molar-refractivity contribution < 1.29 is 4.74 Å². The fraction of sp³-hybridized carbons (Fsp3) is 0.0769. The van der Waals surface area contributed by atoms with Crippen molar-refractivity contribution in [2.45, 2.75) is 6.61 Å². The van der Waals surface area contributed by atoms with E-state index in [4.69, 9.17) is 11.3 Å². The Morgan fingerprint density at radius 1 is 1.29 bits per heavy atom. The van der Waals surface area contributed by atoms with E-state index in [1.165, 1.54) is 0 Å². The van der Waals surface area contributed by atoms with Gasteiger partial charge in [-0.15, -0.1) is 0 Å². The quantitative estimate of drug-likeness (QED) is 0.799. The van der Waals surface area contributed by atoms with Gasteiger partial charge in [-0.2, -0.15) is 0 Å². The van der Waals surface area contributed by atoms with Crippen LogP contribution in [0.25, 0.3) is 4.85 Å². The molecule has 0 saturated carbocycles. The van der Waals surface area contributed by atoms with E-state index in [0.717, 1.165) is 10.0 Å². The number of rotatable bonds is 3. The molecule has 0 atom stereocenters. The van der Waals surface area contributed by atoms with Gasteiger partial charge in [-0.3, -0.25) is 4.98 Å². The standard InChI is InChI=1S/C13H9BrN2O/c1-15-12-6-2-5-11(14)13(12)17-9-10-4-3-7-16-8-10/h2-8H,9H2. The molecule has 0 unspecified atom stereocenters. The molecule has 0 spiro atoms. The highest BCUT2D eigenvalue weighted by Gasteiger charge is 2.07. The van der Waals surface area contributed by atoms with Crippen LogP contribution >= 0.6 is 15.9 Å². The van der Waals surface area contributed by atoms with E-state index in [2.05, 4.69) is 25.8 Å². The number of benzene rings is 1. The predicted octanol–water partition coefficient (Wildman–Crippen LogP) is 3.97. The third kappa shape index (κ3) is 2.83. The molecule has 3 nitrogen and oxygen atoms in total. The SMILES string of the molecule is [C-]#[N+]c1cccc(Br)c1OCc1cccnc1. The number of halogens is 1. The van der Waals surface area contributed by atoms with Crippen LogP contribution in [0.2, 0.25) is 0 Å². The van der Waals surface area contributed by atoms with Crippen molar-refractivity contribution in [2.75, 3.05) is 0 Å². The molecule has 0 aliphatic carbocycles. The van der Waals surface area contributed by atoms with E-state index in [9.17, 15) is 0 Å². The molecule has 0 bridgehead atoms. The lowest BCUT2D eigenvalue weighted by Gasteiger charge is -2.09. The Bertz CT molecular complexity index is 549. The molecule has 1 heterocycles. The second-order valence-electron chi connectivity index (χ2n) is 3.35. The molecule has 84 valence electrons. The monoisotopic (exact) mass is 288 g/mol. The Morgan fingerprint density at radius 3 is 2.88 bits per heavy atom. The average Bonchev–Trinajstić information content (AvgIpc) is 2.38. The highest BCUT2D eigenvalue weighted by atomic mass is 79.9. The Hall–Kier alpha value is -1.86. The first-order valence-corrected chi connectivity index (χ1v) is 5.78. The molecule has 0 saturated heterocycles. The largest absolute Gasteiger partial charge is 0.499 e. The number of para-hydroxylation sites is 1. The van der Waals surface area contributed by atoms with Crippen molar-refractivity contribution in [3.8, 4) is 5.75 Å². The van der Waals surface area contributed by atoms with Gasteiger partial charge in [0.05, 0.1) is 6.57 Å². The lowest BCUT2D eigenvalue weighted by atomic mass is 10.3. The van der Waals surface area contributed by atoms with Crippen LogP contribution in [-0.4, -0.2) is 4.98 Å². The van der Waals surface area contributed by atoms with Crippen LogP contribution in [0.15, 0.2) is 47.2 Å². The zero-order valence-corrected chi connectivity index (χ0v) is 10.5. The smallest absolute Gasteiger partial charge is 0.229 e. The second-order valence-corrected chi connectivity index (χ2v) is 4.20. The summed E-state index contributed by atoms with van der Waals surface area (Å²) in [6.45, 7) is 7.48. The summed E-state index contributed by atoms with van der Waals surface area (Å²) in [6.07, 6.45) is 3.46. The van der Waals surface area contributed by atoms with Gasteiger partial charge >= 0.3 is 0 Å². The lowest BCUT2D eigenvalue weighted by molar-refractivity contribution is 0.306. The second kappa shape index (κ2) is 5.46. The Balaban J connectivity index is 2.17. The Labute approximate surface area is 108 Å². The number of pyridine rings is 1. The van der Waals surface area contributed by atoms with E-state index >= 15 is 0 Å². The van der Waals surface area contributed by atoms with E-state index < -0.39 is 0 Å². The van der Waals surface area contributed by atoms with Gasteiger partial charge in [-0.05, 0) is 28.1 Å². The van der Waals surface area contributed by atoms with Crippen LogP contribution in [-0.2, 0) is 6.61 Å². The summed E-state index contributed by atoms with van der Waals surface area (Å²) >= 11 is 3.38. The van der Waals surface area contributed by atoms with Crippen LogP contribution in [0.5, 0.6) is 5.75 Å². The topological polar surface area (TPSA) is 26.5 Å². The van der Waals surface area contributed by atoms with Crippen LogP contribution < -0.4 is 4.74 Å². The molecule has 0 N–H and O–H groups in total. The van der Waals surface area contributed by atoms with Crippen molar-refractivity contribution in [2.24, 2.45) is 0 Å². The van der Waals surface area contributed by atoms with Crippen LogP contribution in [0.4, 0.5) is 5.69 Å².